The minimum atomic E-state index is -0.154. The summed E-state index contributed by atoms with van der Waals surface area (Å²) in [7, 11) is 2.15. The number of likely N-dealkylation sites (N-methyl/N-ethyl adjacent to an activating group) is 1. The molecule has 2 saturated heterocycles. The minimum Gasteiger partial charge on any atom is -0.392 e. The van der Waals surface area contributed by atoms with E-state index in [1.807, 2.05) is 0 Å². The first-order chi connectivity index (χ1) is 12.6. The van der Waals surface area contributed by atoms with Gasteiger partial charge in [0.15, 0.2) is 0 Å². The van der Waals surface area contributed by atoms with Crippen LogP contribution in [0.2, 0.25) is 0 Å². The topological polar surface area (TPSA) is 26.7 Å². The molecule has 0 bridgehead atoms. The van der Waals surface area contributed by atoms with E-state index in [-0.39, 0.29) is 6.10 Å². The van der Waals surface area contributed by atoms with Crippen molar-refractivity contribution in [2.45, 2.75) is 31.9 Å². The van der Waals surface area contributed by atoms with Crippen molar-refractivity contribution in [3.8, 4) is 11.1 Å². The molecule has 0 radical (unpaired) electrons. The largest absolute Gasteiger partial charge is 0.392 e. The summed E-state index contributed by atoms with van der Waals surface area (Å²) in [5, 5.41) is 10.2. The van der Waals surface area contributed by atoms with Gasteiger partial charge in [0.25, 0.3) is 0 Å². The van der Waals surface area contributed by atoms with Crippen molar-refractivity contribution < 1.29 is 5.11 Å². The van der Waals surface area contributed by atoms with Gasteiger partial charge in [-0.05, 0) is 61.5 Å². The Morgan fingerprint density at radius 1 is 1.00 bits per heavy atom. The highest BCUT2D eigenvalue weighted by atomic mass is 16.3. The van der Waals surface area contributed by atoms with Crippen molar-refractivity contribution in [3.63, 3.8) is 0 Å². The van der Waals surface area contributed by atoms with Gasteiger partial charge in [-0.1, -0.05) is 54.6 Å². The number of aliphatic hydroxyl groups excluding tert-OH is 1. The summed E-state index contributed by atoms with van der Waals surface area (Å²) in [5.74, 6) is 0. The fourth-order valence-electron chi connectivity index (χ4n) is 4.97. The van der Waals surface area contributed by atoms with Gasteiger partial charge in [-0.2, -0.15) is 0 Å². The Balaban J connectivity index is 1.44. The van der Waals surface area contributed by atoms with E-state index in [9.17, 15) is 5.11 Å². The second kappa shape index (κ2) is 7.51. The van der Waals surface area contributed by atoms with Crippen molar-refractivity contribution in [1.29, 1.82) is 0 Å². The monoisotopic (exact) mass is 350 g/mol. The second-order valence-electron chi connectivity index (χ2n) is 8.35. The molecular formula is C23H30N2O. The molecule has 0 aromatic heterocycles. The molecule has 2 fully saturated rings. The van der Waals surface area contributed by atoms with Crippen LogP contribution in [0.3, 0.4) is 0 Å². The van der Waals surface area contributed by atoms with Crippen molar-refractivity contribution in [1.82, 2.24) is 9.80 Å². The summed E-state index contributed by atoms with van der Waals surface area (Å²) in [6.45, 7) is 5.24. The summed E-state index contributed by atoms with van der Waals surface area (Å²) in [6.07, 6.45) is 3.22. The number of nitrogens with zero attached hydrogens (tertiary/aromatic N) is 2. The molecule has 3 heteroatoms. The Morgan fingerprint density at radius 3 is 2.42 bits per heavy atom. The van der Waals surface area contributed by atoms with Gasteiger partial charge < -0.3 is 10.0 Å². The molecule has 1 atom stereocenters. The maximum atomic E-state index is 10.2. The number of hydrogen-bond acceptors (Lipinski definition) is 3. The zero-order valence-electron chi connectivity index (χ0n) is 15.8. The van der Waals surface area contributed by atoms with Crippen molar-refractivity contribution >= 4 is 0 Å². The number of aliphatic hydroxyl groups is 1. The van der Waals surface area contributed by atoms with Crippen molar-refractivity contribution in [2.24, 2.45) is 5.41 Å². The number of hydrogen-bond donors (Lipinski definition) is 1. The molecule has 3 nitrogen and oxygen atoms in total. The normalized spacial score (nSPS) is 24.0. The van der Waals surface area contributed by atoms with Gasteiger partial charge >= 0.3 is 0 Å². The van der Waals surface area contributed by atoms with Crippen LogP contribution in [-0.4, -0.2) is 54.2 Å². The molecule has 2 heterocycles. The van der Waals surface area contributed by atoms with E-state index in [4.69, 9.17) is 0 Å². The number of benzene rings is 2. The van der Waals surface area contributed by atoms with Gasteiger partial charge in [-0.25, -0.2) is 0 Å². The molecule has 1 unspecified atom stereocenters. The molecule has 2 aromatic carbocycles. The third-order valence-electron chi connectivity index (χ3n) is 6.21. The molecule has 2 aromatic rings. The van der Waals surface area contributed by atoms with E-state index in [2.05, 4.69) is 71.4 Å². The van der Waals surface area contributed by atoms with Crippen LogP contribution < -0.4 is 0 Å². The molecule has 0 aliphatic carbocycles. The lowest BCUT2D eigenvalue weighted by atomic mass is 9.71. The van der Waals surface area contributed by atoms with Gasteiger partial charge in [0.05, 0.1) is 6.10 Å². The molecule has 0 saturated carbocycles. The Hall–Kier alpha value is -1.68. The van der Waals surface area contributed by atoms with Gasteiger partial charge in [-0.15, -0.1) is 0 Å². The van der Waals surface area contributed by atoms with Crippen LogP contribution >= 0.6 is 0 Å². The zero-order valence-corrected chi connectivity index (χ0v) is 15.8. The average molecular weight is 351 g/mol. The minimum absolute atomic E-state index is 0.154. The van der Waals surface area contributed by atoms with E-state index < -0.39 is 0 Å². The predicted molar refractivity (Wildman–Crippen MR) is 107 cm³/mol. The van der Waals surface area contributed by atoms with Crippen molar-refractivity contribution in [3.05, 3.63) is 60.2 Å². The molecule has 138 valence electrons. The third kappa shape index (κ3) is 3.85. The molecule has 4 rings (SSSR count). The van der Waals surface area contributed by atoms with E-state index >= 15 is 0 Å². The first kappa shape index (κ1) is 17.7. The first-order valence-electron chi connectivity index (χ1n) is 9.86. The average Bonchev–Trinajstić information content (AvgIpc) is 2.64. The zero-order chi connectivity index (χ0) is 18.0. The number of rotatable bonds is 3. The predicted octanol–water partition coefficient (Wildman–Crippen LogP) is 3.63. The molecule has 0 amide bonds. The molecule has 1 N–H and O–H groups in total. The lowest BCUT2D eigenvalue weighted by Crippen LogP contribution is -2.52. The summed E-state index contributed by atoms with van der Waals surface area (Å²) in [6, 6.07) is 19.5. The molecule has 26 heavy (non-hydrogen) atoms. The summed E-state index contributed by atoms with van der Waals surface area (Å²) in [5.41, 5.74) is 4.38. The van der Waals surface area contributed by atoms with Crippen LogP contribution in [0.25, 0.3) is 11.1 Å². The Bertz CT molecular complexity index is 710. The SMILES string of the molecule is CN1CC(O)CC2(CCN(Cc3ccccc3-c3ccccc3)CC2)C1. The summed E-state index contributed by atoms with van der Waals surface area (Å²) in [4.78, 5) is 4.91. The highest BCUT2D eigenvalue weighted by molar-refractivity contribution is 5.67. The smallest absolute Gasteiger partial charge is 0.0672 e. The maximum absolute atomic E-state index is 10.2. The quantitative estimate of drug-likeness (QED) is 0.916. The van der Waals surface area contributed by atoms with Crippen LogP contribution in [0.4, 0.5) is 0 Å². The lowest BCUT2D eigenvalue weighted by molar-refractivity contribution is -0.0330. The fourth-order valence-corrected chi connectivity index (χ4v) is 4.97. The number of piperidine rings is 2. The van der Waals surface area contributed by atoms with E-state index in [1.54, 1.807) is 0 Å². The van der Waals surface area contributed by atoms with Gasteiger partial charge in [-0.3, -0.25) is 4.90 Å². The summed E-state index contributed by atoms with van der Waals surface area (Å²) >= 11 is 0. The highest BCUT2D eigenvalue weighted by Gasteiger charge is 2.40. The fraction of sp³-hybridized carbons (Fsp3) is 0.478. The van der Waals surface area contributed by atoms with Gasteiger partial charge in [0.1, 0.15) is 0 Å². The van der Waals surface area contributed by atoms with Gasteiger partial charge in [0, 0.05) is 19.6 Å². The van der Waals surface area contributed by atoms with E-state index in [0.717, 1.165) is 39.1 Å². The Morgan fingerprint density at radius 2 is 1.69 bits per heavy atom. The number of β-amino-alcohol motifs (C(OH)–C–C–N with tert-alkyl or cyclic N) is 1. The van der Waals surface area contributed by atoms with Crippen LogP contribution in [0, 0.1) is 5.41 Å². The first-order valence-corrected chi connectivity index (χ1v) is 9.86. The highest BCUT2D eigenvalue weighted by Crippen LogP contribution is 2.40. The molecular weight excluding hydrogens is 320 g/mol. The maximum Gasteiger partial charge on any atom is 0.0672 e. The Labute approximate surface area is 157 Å². The molecule has 2 aliphatic heterocycles. The van der Waals surface area contributed by atoms with Crippen molar-refractivity contribution in [2.75, 3.05) is 33.2 Å². The second-order valence-corrected chi connectivity index (χ2v) is 8.35. The number of likely N-dealkylation sites (tertiary alicyclic amines) is 2. The Kier molecular flexibility index (Phi) is 5.12. The van der Waals surface area contributed by atoms with Crippen LogP contribution in [-0.2, 0) is 6.54 Å². The van der Waals surface area contributed by atoms with Gasteiger partial charge in [0.2, 0.25) is 0 Å². The lowest BCUT2D eigenvalue weighted by Gasteiger charge is -2.48. The van der Waals surface area contributed by atoms with Crippen LogP contribution in [0.15, 0.2) is 54.6 Å². The third-order valence-corrected chi connectivity index (χ3v) is 6.21. The van der Waals surface area contributed by atoms with E-state index in [0.29, 0.717) is 5.41 Å². The molecule has 1 spiro atoms. The van der Waals surface area contributed by atoms with Crippen LogP contribution in [0.5, 0.6) is 0 Å². The summed E-state index contributed by atoms with van der Waals surface area (Å²) < 4.78 is 0. The van der Waals surface area contributed by atoms with E-state index in [1.165, 1.54) is 29.5 Å². The molecule has 2 aliphatic rings. The standard InChI is InChI=1S/C23H30N2O/c1-24-17-21(26)15-23(18-24)11-13-25(14-12-23)16-20-9-5-6-10-22(20)19-7-3-2-4-8-19/h2-10,21,26H,11-18H2,1H3. The van der Waals surface area contributed by atoms with Crippen LogP contribution in [0.1, 0.15) is 24.8 Å².